The van der Waals surface area contributed by atoms with Crippen molar-refractivity contribution in [2.45, 2.75) is 40.5 Å². The minimum Gasteiger partial charge on any atom is -0.478 e. The Balaban J connectivity index is 2.95. The molecule has 5 nitrogen and oxygen atoms in total. The van der Waals surface area contributed by atoms with Crippen molar-refractivity contribution >= 4 is 11.8 Å². The second-order valence-corrected chi connectivity index (χ2v) is 4.50. The van der Waals surface area contributed by atoms with E-state index in [4.69, 9.17) is 0 Å². The molecule has 1 rings (SSSR count). The van der Waals surface area contributed by atoms with Gasteiger partial charge in [0, 0.05) is 6.54 Å². The molecular formula is C13H21N3O2. The lowest BCUT2D eigenvalue weighted by molar-refractivity contribution is 0.0696. The number of aryl methyl sites for hydroxylation is 1. The number of hydrogen-bond donors (Lipinski definition) is 2. The van der Waals surface area contributed by atoms with E-state index in [1.54, 1.807) is 13.8 Å². The van der Waals surface area contributed by atoms with Gasteiger partial charge in [0.1, 0.15) is 5.56 Å². The molecular weight excluding hydrogens is 230 g/mol. The molecule has 0 aromatic carbocycles. The number of nitrogens with zero attached hydrogens (tertiary/aromatic N) is 2. The molecule has 5 heteroatoms. The van der Waals surface area contributed by atoms with Gasteiger partial charge >= 0.3 is 5.97 Å². The molecule has 0 aliphatic carbocycles. The third-order valence-corrected chi connectivity index (χ3v) is 3.38. The number of rotatable bonds is 6. The fourth-order valence-electron chi connectivity index (χ4n) is 1.81. The normalized spacial score (nSPS) is 10.7. The Hall–Kier alpha value is -1.65. The van der Waals surface area contributed by atoms with Crippen molar-refractivity contribution in [3.63, 3.8) is 0 Å². The summed E-state index contributed by atoms with van der Waals surface area (Å²) in [7, 11) is 0. The van der Waals surface area contributed by atoms with E-state index < -0.39 is 5.97 Å². The van der Waals surface area contributed by atoms with E-state index in [2.05, 4.69) is 29.4 Å². The Labute approximate surface area is 108 Å². The topological polar surface area (TPSA) is 75.1 Å². The van der Waals surface area contributed by atoms with E-state index in [-0.39, 0.29) is 5.56 Å². The maximum absolute atomic E-state index is 11.3. The van der Waals surface area contributed by atoms with Gasteiger partial charge in [-0.2, -0.15) is 5.10 Å². The van der Waals surface area contributed by atoms with Gasteiger partial charge in [-0.25, -0.2) is 4.79 Å². The third-order valence-electron chi connectivity index (χ3n) is 3.38. The number of hydrogen-bond acceptors (Lipinski definition) is 4. The zero-order valence-corrected chi connectivity index (χ0v) is 11.4. The van der Waals surface area contributed by atoms with Crippen LogP contribution in [0, 0.1) is 19.8 Å². The molecule has 1 aromatic heterocycles. The summed E-state index contributed by atoms with van der Waals surface area (Å²) >= 11 is 0. The molecule has 0 atom stereocenters. The van der Waals surface area contributed by atoms with Crippen molar-refractivity contribution < 1.29 is 9.90 Å². The van der Waals surface area contributed by atoms with Crippen LogP contribution in [-0.4, -0.2) is 27.8 Å². The van der Waals surface area contributed by atoms with Crippen LogP contribution in [0.5, 0.6) is 0 Å². The molecule has 0 amide bonds. The molecule has 0 fully saturated rings. The minimum atomic E-state index is -0.961. The van der Waals surface area contributed by atoms with Crippen molar-refractivity contribution in [1.29, 1.82) is 0 Å². The molecule has 100 valence electrons. The Kier molecular flexibility index (Phi) is 5.07. The summed E-state index contributed by atoms with van der Waals surface area (Å²) in [5, 5.41) is 20.3. The molecule has 0 unspecified atom stereocenters. The number of aromatic carboxylic acids is 1. The van der Waals surface area contributed by atoms with Crippen LogP contribution in [0.2, 0.25) is 0 Å². The highest BCUT2D eigenvalue weighted by atomic mass is 16.4. The van der Waals surface area contributed by atoms with Crippen LogP contribution >= 0.6 is 0 Å². The molecule has 0 radical (unpaired) electrons. The predicted molar refractivity (Wildman–Crippen MR) is 71.0 cm³/mol. The van der Waals surface area contributed by atoms with Crippen LogP contribution in [0.4, 0.5) is 5.82 Å². The van der Waals surface area contributed by atoms with Crippen LogP contribution in [0.15, 0.2) is 0 Å². The van der Waals surface area contributed by atoms with Crippen LogP contribution in [-0.2, 0) is 0 Å². The smallest absolute Gasteiger partial charge is 0.339 e. The first-order valence-electron chi connectivity index (χ1n) is 6.32. The maximum Gasteiger partial charge on any atom is 0.339 e. The summed E-state index contributed by atoms with van der Waals surface area (Å²) in [6, 6.07) is 0. The first kappa shape index (κ1) is 14.4. The number of carboxylic acids is 1. The monoisotopic (exact) mass is 251 g/mol. The summed E-state index contributed by atoms with van der Waals surface area (Å²) in [5.41, 5.74) is 1.55. The van der Waals surface area contributed by atoms with Gasteiger partial charge in [-0.3, -0.25) is 0 Å². The van der Waals surface area contributed by atoms with Crippen LogP contribution in [0.25, 0.3) is 0 Å². The summed E-state index contributed by atoms with van der Waals surface area (Å²) < 4.78 is 0. The van der Waals surface area contributed by atoms with Gasteiger partial charge in [-0.05, 0) is 25.3 Å². The van der Waals surface area contributed by atoms with E-state index in [9.17, 15) is 9.90 Å². The van der Waals surface area contributed by atoms with Crippen LogP contribution in [0.1, 0.15) is 48.3 Å². The quantitative estimate of drug-likeness (QED) is 0.813. The lowest BCUT2D eigenvalue weighted by Gasteiger charge is -2.15. The minimum absolute atomic E-state index is 0.230. The fourth-order valence-corrected chi connectivity index (χ4v) is 1.81. The molecule has 0 saturated heterocycles. The van der Waals surface area contributed by atoms with E-state index in [1.807, 2.05) is 0 Å². The molecule has 0 bridgehead atoms. The lowest BCUT2D eigenvalue weighted by atomic mass is 10.0. The molecule has 0 spiro atoms. The average Bonchev–Trinajstić information content (AvgIpc) is 2.34. The zero-order chi connectivity index (χ0) is 13.7. The van der Waals surface area contributed by atoms with Gasteiger partial charge in [-0.15, -0.1) is 5.10 Å². The Morgan fingerprint density at radius 2 is 1.89 bits per heavy atom. The molecule has 1 aromatic rings. The second-order valence-electron chi connectivity index (χ2n) is 4.50. The molecule has 2 N–H and O–H groups in total. The molecule has 0 saturated carbocycles. The standard InChI is InChI=1S/C13H21N3O2/c1-5-10(6-2)7-14-12-11(13(17)18)8(3)9(4)15-16-12/h10H,5-7H2,1-4H3,(H,14,16)(H,17,18). The van der Waals surface area contributed by atoms with E-state index >= 15 is 0 Å². The summed E-state index contributed by atoms with van der Waals surface area (Å²) in [4.78, 5) is 11.3. The highest BCUT2D eigenvalue weighted by molar-refractivity contribution is 5.94. The molecule has 0 aliphatic rings. The van der Waals surface area contributed by atoms with Crippen LogP contribution in [0.3, 0.4) is 0 Å². The maximum atomic E-state index is 11.3. The highest BCUT2D eigenvalue weighted by Crippen LogP contribution is 2.19. The van der Waals surface area contributed by atoms with Crippen molar-refractivity contribution in [2.24, 2.45) is 5.92 Å². The predicted octanol–water partition coefficient (Wildman–Crippen LogP) is 2.64. The average molecular weight is 251 g/mol. The van der Waals surface area contributed by atoms with E-state index in [1.165, 1.54) is 0 Å². The highest BCUT2D eigenvalue weighted by Gasteiger charge is 2.18. The van der Waals surface area contributed by atoms with Crippen LogP contribution < -0.4 is 5.32 Å². The van der Waals surface area contributed by atoms with E-state index in [0.29, 0.717) is 23.0 Å². The van der Waals surface area contributed by atoms with Gasteiger partial charge in [0.15, 0.2) is 5.82 Å². The Morgan fingerprint density at radius 1 is 1.28 bits per heavy atom. The fraction of sp³-hybridized carbons (Fsp3) is 0.615. The second kappa shape index (κ2) is 6.33. The van der Waals surface area contributed by atoms with Gasteiger partial charge in [-0.1, -0.05) is 26.7 Å². The molecule has 0 aliphatic heterocycles. The molecule has 1 heterocycles. The number of carboxylic acid groups (broad SMARTS) is 1. The number of anilines is 1. The van der Waals surface area contributed by atoms with Crippen molar-refractivity contribution in [3.8, 4) is 0 Å². The van der Waals surface area contributed by atoms with Crippen molar-refractivity contribution in [2.75, 3.05) is 11.9 Å². The van der Waals surface area contributed by atoms with Gasteiger partial charge in [0.25, 0.3) is 0 Å². The summed E-state index contributed by atoms with van der Waals surface area (Å²) in [6.07, 6.45) is 2.12. The largest absolute Gasteiger partial charge is 0.478 e. The number of nitrogens with one attached hydrogen (secondary N) is 1. The van der Waals surface area contributed by atoms with Crippen molar-refractivity contribution in [1.82, 2.24) is 10.2 Å². The zero-order valence-electron chi connectivity index (χ0n) is 11.4. The SMILES string of the molecule is CCC(CC)CNc1nnc(C)c(C)c1C(=O)O. The Morgan fingerprint density at radius 3 is 2.39 bits per heavy atom. The Bertz CT molecular complexity index is 428. The van der Waals surface area contributed by atoms with Gasteiger partial charge < -0.3 is 10.4 Å². The first-order valence-corrected chi connectivity index (χ1v) is 6.32. The number of carbonyl (C=O) groups is 1. The lowest BCUT2D eigenvalue weighted by Crippen LogP contribution is -2.18. The number of aromatic nitrogens is 2. The summed E-state index contributed by atoms with van der Waals surface area (Å²) in [5.74, 6) is -0.0647. The summed E-state index contributed by atoms with van der Waals surface area (Å²) in [6.45, 7) is 8.50. The van der Waals surface area contributed by atoms with Gasteiger partial charge in [0.2, 0.25) is 0 Å². The third kappa shape index (κ3) is 3.18. The van der Waals surface area contributed by atoms with Crippen molar-refractivity contribution in [3.05, 3.63) is 16.8 Å². The molecule has 18 heavy (non-hydrogen) atoms. The van der Waals surface area contributed by atoms with Gasteiger partial charge in [0.05, 0.1) is 5.69 Å². The first-order chi connectivity index (χ1) is 8.51. The van der Waals surface area contributed by atoms with E-state index in [0.717, 1.165) is 19.4 Å².